The van der Waals surface area contributed by atoms with Crippen molar-refractivity contribution >= 4 is 22.6 Å². The van der Waals surface area contributed by atoms with Crippen LogP contribution in [0, 0.1) is 0 Å². The second kappa shape index (κ2) is 4.71. The van der Waals surface area contributed by atoms with E-state index in [9.17, 15) is 4.79 Å². The number of halogens is 1. The molecule has 1 heterocycles. The molecule has 0 spiro atoms. The van der Waals surface area contributed by atoms with Gasteiger partial charge in [-0.2, -0.15) is 0 Å². The summed E-state index contributed by atoms with van der Waals surface area (Å²) in [5, 5.41) is 1.13. The van der Waals surface area contributed by atoms with E-state index < -0.39 is 0 Å². The van der Waals surface area contributed by atoms with Gasteiger partial charge in [0.1, 0.15) is 5.58 Å². The number of rotatable bonds is 3. The predicted molar refractivity (Wildman–Crippen MR) is 66.1 cm³/mol. The Labute approximate surface area is 98.8 Å². The van der Waals surface area contributed by atoms with E-state index >= 15 is 0 Å². The summed E-state index contributed by atoms with van der Waals surface area (Å²) >= 11 is 5.87. The lowest BCUT2D eigenvalue weighted by Gasteiger charge is -2.01. The van der Waals surface area contributed by atoms with Crippen LogP contribution in [0.1, 0.15) is 25.3 Å². The van der Waals surface area contributed by atoms with Crippen molar-refractivity contribution in [2.24, 2.45) is 0 Å². The molecule has 0 amide bonds. The van der Waals surface area contributed by atoms with E-state index in [-0.39, 0.29) is 5.43 Å². The first-order valence-corrected chi connectivity index (χ1v) is 5.80. The third-order valence-corrected chi connectivity index (χ3v) is 2.84. The van der Waals surface area contributed by atoms with Crippen molar-refractivity contribution in [3.63, 3.8) is 0 Å². The highest BCUT2D eigenvalue weighted by Crippen LogP contribution is 2.17. The summed E-state index contributed by atoms with van der Waals surface area (Å²) < 4.78 is 5.42. The van der Waals surface area contributed by atoms with Crippen molar-refractivity contribution in [2.75, 3.05) is 0 Å². The Morgan fingerprint density at radius 2 is 2.19 bits per heavy atom. The summed E-state index contributed by atoms with van der Waals surface area (Å²) in [5.74, 6) is 0. The van der Waals surface area contributed by atoms with Gasteiger partial charge in [-0.1, -0.05) is 24.9 Å². The summed E-state index contributed by atoms with van der Waals surface area (Å²) in [7, 11) is 0. The Bertz CT molecular complexity index is 557. The first kappa shape index (κ1) is 11.2. The highest BCUT2D eigenvalue weighted by atomic mass is 35.5. The maximum absolute atomic E-state index is 12.1. The van der Waals surface area contributed by atoms with E-state index in [4.69, 9.17) is 16.0 Å². The van der Waals surface area contributed by atoms with Gasteiger partial charge in [-0.25, -0.2) is 0 Å². The fraction of sp³-hybridized carbons (Fsp3) is 0.308. The third kappa shape index (κ3) is 2.12. The predicted octanol–water partition coefficient (Wildman–Crippen LogP) is 3.79. The van der Waals surface area contributed by atoms with Crippen LogP contribution in [-0.4, -0.2) is 0 Å². The Morgan fingerprint density at radius 1 is 1.38 bits per heavy atom. The smallest absolute Gasteiger partial charge is 0.195 e. The molecule has 2 nitrogen and oxygen atoms in total. The number of unbranched alkanes of at least 4 members (excludes halogenated alkanes) is 1. The molecular formula is C13H13ClO2. The topological polar surface area (TPSA) is 30.2 Å². The molecule has 2 aromatic rings. The van der Waals surface area contributed by atoms with Gasteiger partial charge >= 0.3 is 0 Å². The van der Waals surface area contributed by atoms with Crippen LogP contribution in [0.15, 0.2) is 33.7 Å². The molecule has 0 bridgehead atoms. The Balaban J connectivity index is 2.55. The van der Waals surface area contributed by atoms with Gasteiger partial charge in [0.2, 0.25) is 0 Å². The van der Waals surface area contributed by atoms with Crippen LogP contribution < -0.4 is 5.43 Å². The molecule has 1 aromatic carbocycles. The van der Waals surface area contributed by atoms with E-state index in [2.05, 4.69) is 6.92 Å². The van der Waals surface area contributed by atoms with Crippen molar-refractivity contribution in [1.29, 1.82) is 0 Å². The van der Waals surface area contributed by atoms with Gasteiger partial charge in [0.05, 0.1) is 11.6 Å². The van der Waals surface area contributed by atoms with Crippen LogP contribution in [0.4, 0.5) is 0 Å². The average Bonchev–Trinajstić information content (AvgIpc) is 2.29. The summed E-state index contributed by atoms with van der Waals surface area (Å²) in [6.45, 7) is 2.10. The molecule has 3 heteroatoms. The zero-order valence-electron chi connectivity index (χ0n) is 9.13. The maximum Gasteiger partial charge on any atom is 0.195 e. The van der Waals surface area contributed by atoms with Crippen molar-refractivity contribution in [2.45, 2.75) is 26.2 Å². The van der Waals surface area contributed by atoms with E-state index in [0.29, 0.717) is 16.0 Å². The fourth-order valence-electron chi connectivity index (χ4n) is 1.68. The molecule has 1 aromatic heterocycles. The van der Waals surface area contributed by atoms with Crippen molar-refractivity contribution < 1.29 is 4.42 Å². The maximum atomic E-state index is 12.1. The summed E-state index contributed by atoms with van der Waals surface area (Å²) in [4.78, 5) is 12.1. The van der Waals surface area contributed by atoms with E-state index in [0.717, 1.165) is 24.8 Å². The lowest BCUT2D eigenvalue weighted by Crippen LogP contribution is -2.08. The molecule has 0 unspecified atom stereocenters. The van der Waals surface area contributed by atoms with Gasteiger partial charge in [-0.15, -0.1) is 0 Å². The Hall–Kier alpha value is -1.28. The van der Waals surface area contributed by atoms with Gasteiger partial charge in [0, 0.05) is 10.6 Å². The van der Waals surface area contributed by atoms with Crippen LogP contribution >= 0.6 is 11.6 Å². The first-order chi connectivity index (χ1) is 7.72. The average molecular weight is 237 g/mol. The molecule has 0 atom stereocenters. The second-order valence-electron chi connectivity index (χ2n) is 3.83. The number of benzene rings is 1. The Kier molecular flexibility index (Phi) is 3.30. The van der Waals surface area contributed by atoms with Crippen LogP contribution in [0.25, 0.3) is 11.0 Å². The molecular weight excluding hydrogens is 224 g/mol. The fourth-order valence-corrected chi connectivity index (χ4v) is 1.86. The molecule has 0 aliphatic heterocycles. The molecule has 0 aliphatic carbocycles. The number of aryl methyl sites for hydroxylation is 1. The minimum Gasteiger partial charge on any atom is -0.464 e. The summed E-state index contributed by atoms with van der Waals surface area (Å²) in [5.41, 5.74) is 1.36. The number of hydrogen-bond acceptors (Lipinski definition) is 2. The molecule has 0 N–H and O–H groups in total. The minimum atomic E-state index is 0.0391. The molecule has 0 saturated heterocycles. The van der Waals surface area contributed by atoms with Crippen molar-refractivity contribution in [1.82, 2.24) is 0 Å². The second-order valence-corrected chi connectivity index (χ2v) is 4.27. The van der Waals surface area contributed by atoms with Crippen LogP contribution in [0.5, 0.6) is 0 Å². The minimum absolute atomic E-state index is 0.0391. The molecule has 0 radical (unpaired) electrons. The van der Waals surface area contributed by atoms with Gasteiger partial charge in [-0.05, 0) is 31.0 Å². The third-order valence-electron chi connectivity index (χ3n) is 2.61. The van der Waals surface area contributed by atoms with Crippen molar-refractivity contribution in [3.8, 4) is 0 Å². The number of hydrogen-bond donors (Lipinski definition) is 0. The zero-order chi connectivity index (χ0) is 11.5. The van der Waals surface area contributed by atoms with Gasteiger partial charge in [0.15, 0.2) is 5.43 Å². The van der Waals surface area contributed by atoms with Gasteiger partial charge in [-0.3, -0.25) is 4.79 Å². The number of fused-ring (bicyclic) bond motifs is 1. The standard InChI is InChI=1S/C13H13ClO2/c1-2-3-4-9-8-16-12-6-5-10(14)7-11(12)13(9)15/h5-8H,2-4H2,1H3. The SMILES string of the molecule is CCCCc1coc2ccc(Cl)cc2c1=O. The summed E-state index contributed by atoms with van der Waals surface area (Å²) in [6.07, 6.45) is 4.39. The highest BCUT2D eigenvalue weighted by molar-refractivity contribution is 6.31. The normalized spacial score (nSPS) is 10.9. The molecule has 16 heavy (non-hydrogen) atoms. The largest absolute Gasteiger partial charge is 0.464 e. The first-order valence-electron chi connectivity index (χ1n) is 5.42. The molecule has 0 fully saturated rings. The van der Waals surface area contributed by atoms with Crippen LogP contribution in [0.3, 0.4) is 0 Å². The monoisotopic (exact) mass is 236 g/mol. The molecule has 84 valence electrons. The quantitative estimate of drug-likeness (QED) is 0.812. The van der Waals surface area contributed by atoms with E-state index in [1.165, 1.54) is 0 Å². The Morgan fingerprint density at radius 3 is 2.94 bits per heavy atom. The highest BCUT2D eigenvalue weighted by Gasteiger charge is 2.06. The van der Waals surface area contributed by atoms with E-state index in [1.807, 2.05) is 0 Å². The molecule has 2 rings (SSSR count). The molecule has 0 aliphatic rings. The lowest BCUT2D eigenvalue weighted by molar-refractivity contribution is 0.589. The van der Waals surface area contributed by atoms with Crippen molar-refractivity contribution in [3.05, 3.63) is 45.3 Å². The van der Waals surface area contributed by atoms with Gasteiger partial charge < -0.3 is 4.42 Å². The van der Waals surface area contributed by atoms with Crippen LogP contribution in [-0.2, 0) is 6.42 Å². The summed E-state index contributed by atoms with van der Waals surface area (Å²) in [6, 6.07) is 5.11. The lowest BCUT2D eigenvalue weighted by atomic mass is 10.1. The van der Waals surface area contributed by atoms with Gasteiger partial charge in [0.25, 0.3) is 0 Å². The molecule has 0 saturated carbocycles. The zero-order valence-corrected chi connectivity index (χ0v) is 9.88. The van der Waals surface area contributed by atoms with Crippen LogP contribution in [0.2, 0.25) is 5.02 Å². The van der Waals surface area contributed by atoms with E-state index in [1.54, 1.807) is 24.5 Å².